The molecule has 1 N–H and O–H groups in total. The van der Waals surface area contributed by atoms with Crippen molar-refractivity contribution in [1.82, 2.24) is 5.01 Å². The lowest BCUT2D eigenvalue weighted by Crippen LogP contribution is -2.61. The summed E-state index contributed by atoms with van der Waals surface area (Å²) in [5.41, 5.74) is -2.10. The number of nitrogens with zero attached hydrogens (tertiary/aromatic N) is 2. The highest BCUT2D eigenvalue weighted by molar-refractivity contribution is 5.93. The van der Waals surface area contributed by atoms with Gasteiger partial charge in [-0.25, -0.2) is 0 Å². The van der Waals surface area contributed by atoms with E-state index in [4.69, 9.17) is 0 Å². The average Bonchev–Trinajstić information content (AvgIpc) is 2.87. The molecule has 1 saturated carbocycles. The van der Waals surface area contributed by atoms with Crippen LogP contribution in [0.1, 0.15) is 38.2 Å². The maximum Gasteiger partial charge on any atom is 0.439 e. The molecule has 1 fully saturated rings. The molecule has 1 aromatic carbocycles. The van der Waals surface area contributed by atoms with Crippen LogP contribution >= 0.6 is 0 Å². The zero-order valence-electron chi connectivity index (χ0n) is 14.0. The molecule has 0 bridgehead atoms. The van der Waals surface area contributed by atoms with E-state index < -0.39 is 23.7 Å². The number of carbonyl (C=O) groups excluding carboxylic acids is 1. The number of rotatable bonds is 3. The highest BCUT2D eigenvalue weighted by Crippen LogP contribution is 2.49. The van der Waals surface area contributed by atoms with Crippen LogP contribution < -0.4 is 0 Å². The molecular weight excluding hydrogens is 333 g/mol. The molecule has 2 aliphatic rings. The molecule has 7 heteroatoms. The fourth-order valence-corrected chi connectivity index (χ4v) is 3.66. The van der Waals surface area contributed by atoms with Crippen LogP contribution in [-0.2, 0) is 11.2 Å². The highest BCUT2D eigenvalue weighted by Gasteiger charge is 2.68. The summed E-state index contributed by atoms with van der Waals surface area (Å²) in [5.74, 6) is -1.92. The predicted molar refractivity (Wildman–Crippen MR) is 86.6 cm³/mol. The Morgan fingerprint density at radius 3 is 2.68 bits per heavy atom. The summed E-state index contributed by atoms with van der Waals surface area (Å²) < 4.78 is 41.1. The van der Waals surface area contributed by atoms with Crippen molar-refractivity contribution < 1.29 is 23.1 Å². The van der Waals surface area contributed by atoms with E-state index in [-0.39, 0.29) is 24.5 Å². The lowest BCUT2D eigenvalue weighted by molar-refractivity contribution is -0.317. The molecule has 1 aromatic rings. The Morgan fingerprint density at radius 2 is 2.04 bits per heavy atom. The topological polar surface area (TPSA) is 52.9 Å². The molecule has 1 amide bonds. The summed E-state index contributed by atoms with van der Waals surface area (Å²) in [7, 11) is 0. The molecule has 3 rings (SSSR count). The van der Waals surface area contributed by atoms with E-state index in [0.29, 0.717) is 17.9 Å². The Bertz CT molecular complexity index is 675. The number of aliphatic hydroxyl groups is 1. The quantitative estimate of drug-likeness (QED) is 0.903. The number of hydrogen-bond acceptors (Lipinski definition) is 3. The third-order valence-corrected chi connectivity index (χ3v) is 5.09. The van der Waals surface area contributed by atoms with Crippen molar-refractivity contribution in [1.29, 1.82) is 0 Å². The molecule has 3 atom stereocenters. The van der Waals surface area contributed by atoms with Gasteiger partial charge >= 0.3 is 6.18 Å². The van der Waals surface area contributed by atoms with E-state index in [0.717, 1.165) is 12.0 Å². The van der Waals surface area contributed by atoms with Crippen LogP contribution in [0.15, 0.2) is 35.4 Å². The van der Waals surface area contributed by atoms with Gasteiger partial charge in [0.15, 0.2) is 0 Å². The fraction of sp³-hybridized carbons (Fsp3) is 0.556. The first kappa shape index (κ1) is 17.9. The number of fused-ring (bicyclic) bond motifs is 1. The number of amides is 1. The zero-order chi connectivity index (χ0) is 18.2. The maximum absolute atomic E-state index is 13.7. The summed E-state index contributed by atoms with van der Waals surface area (Å²) in [4.78, 5) is 12.5. The van der Waals surface area contributed by atoms with Gasteiger partial charge in [0.05, 0.1) is 5.92 Å². The number of hydrazone groups is 1. The number of aryl methyl sites for hydroxylation is 1. The normalized spacial score (nSPS) is 29.3. The Kier molecular flexibility index (Phi) is 4.62. The minimum atomic E-state index is -4.96. The molecule has 4 nitrogen and oxygen atoms in total. The predicted octanol–water partition coefficient (Wildman–Crippen LogP) is 3.50. The van der Waals surface area contributed by atoms with E-state index >= 15 is 0 Å². The van der Waals surface area contributed by atoms with Gasteiger partial charge in [0.1, 0.15) is 0 Å². The van der Waals surface area contributed by atoms with Crippen molar-refractivity contribution in [2.24, 2.45) is 16.9 Å². The largest absolute Gasteiger partial charge is 0.439 e. The summed E-state index contributed by atoms with van der Waals surface area (Å²) in [6, 6.07) is 9.04. The Labute approximate surface area is 144 Å². The molecule has 0 aromatic heterocycles. The summed E-state index contributed by atoms with van der Waals surface area (Å²) >= 11 is 0. The summed E-state index contributed by atoms with van der Waals surface area (Å²) in [6.45, 7) is 1.85. The number of carbonyl (C=O) groups is 1. The number of hydrogen-bond donors (Lipinski definition) is 1. The first-order chi connectivity index (χ1) is 11.7. The highest BCUT2D eigenvalue weighted by atomic mass is 19.4. The van der Waals surface area contributed by atoms with Crippen LogP contribution in [0.4, 0.5) is 13.2 Å². The van der Waals surface area contributed by atoms with Crippen LogP contribution in [0, 0.1) is 11.8 Å². The molecule has 0 spiro atoms. The monoisotopic (exact) mass is 354 g/mol. The van der Waals surface area contributed by atoms with Gasteiger partial charge in [-0.1, -0.05) is 37.3 Å². The standard InChI is InChI=1S/C18H21F3N2O2/c1-12-7-9-15-14(11-12)17(25,18(19,20)21)23(22-15)16(24)10-8-13-5-3-2-4-6-13/h2-6,12,14,25H,7-11H2,1H3/t12-,14+,17+/m1/s1. The van der Waals surface area contributed by atoms with Gasteiger partial charge in [0.25, 0.3) is 5.72 Å². The Morgan fingerprint density at radius 1 is 1.36 bits per heavy atom. The van der Waals surface area contributed by atoms with Crippen LogP contribution in [-0.4, -0.2) is 33.6 Å². The van der Waals surface area contributed by atoms with Crippen LogP contribution in [0.3, 0.4) is 0 Å². The van der Waals surface area contributed by atoms with Crippen molar-refractivity contribution in [3.8, 4) is 0 Å². The number of halogens is 3. The van der Waals surface area contributed by atoms with Crippen LogP contribution in [0.2, 0.25) is 0 Å². The second kappa shape index (κ2) is 6.44. The van der Waals surface area contributed by atoms with E-state index in [1.807, 2.05) is 13.0 Å². The molecular formula is C18H21F3N2O2. The fourth-order valence-electron chi connectivity index (χ4n) is 3.66. The minimum Gasteiger partial charge on any atom is -0.362 e. The molecule has 25 heavy (non-hydrogen) atoms. The van der Waals surface area contributed by atoms with E-state index in [1.54, 1.807) is 24.3 Å². The van der Waals surface area contributed by atoms with Gasteiger partial charge in [0.2, 0.25) is 5.91 Å². The smallest absolute Gasteiger partial charge is 0.362 e. The van der Waals surface area contributed by atoms with Gasteiger partial charge in [-0.3, -0.25) is 4.79 Å². The van der Waals surface area contributed by atoms with Gasteiger partial charge in [-0.15, -0.1) is 0 Å². The Balaban J connectivity index is 1.83. The maximum atomic E-state index is 13.7. The van der Waals surface area contributed by atoms with Crippen molar-refractivity contribution >= 4 is 11.6 Å². The van der Waals surface area contributed by atoms with Gasteiger partial charge in [0, 0.05) is 12.1 Å². The van der Waals surface area contributed by atoms with Crippen molar-refractivity contribution in [2.45, 2.75) is 50.9 Å². The second-order valence-corrected chi connectivity index (χ2v) is 6.94. The first-order valence-electron chi connectivity index (χ1n) is 8.47. The molecule has 1 aliphatic carbocycles. The second-order valence-electron chi connectivity index (χ2n) is 6.94. The third kappa shape index (κ3) is 3.17. The van der Waals surface area contributed by atoms with Crippen molar-refractivity contribution in [3.63, 3.8) is 0 Å². The Hall–Kier alpha value is -1.89. The number of alkyl halides is 3. The number of benzene rings is 1. The lowest BCUT2D eigenvalue weighted by Gasteiger charge is -2.39. The van der Waals surface area contributed by atoms with E-state index in [1.165, 1.54) is 0 Å². The van der Waals surface area contributed by atoms with Crippen molar-refractivity contribution in [3.05, 3.63) is 35.9 Å². The lowest BCUT2D eigenvalue weighted by atomic mass is 9.76. The van der Waals surface area contributed by atoms with Gasteiger partial charge in [-0.05, 0) is 37.2 Å². The zero-order valence-corrected chi connectivity index (χ0v) is 14.0. The van der Waals surface area contributed by atoms with E-state index in [9.17, 15) is 23.1 Å². The minimum absolute atomic E-state index is 0.0530. The van der Waals surface area contributed by atoms with Crippen LogP contribution in [0.25, 0.3) is 0 Å². The first-order valence-corrected chi connectivity index (χ1v) is 8.47. The van der Waals surface area contributed by atoms with Crippen molar-refractivity contribution in [2.75, 3.05) is 0 Å². The molecule has 0 radical (unpaired) electrons. The third-order valence-electron chi connectivity index (χ3n) is 5.09. The molecule has 1 aliphatic heterocycles. The summed E-state index contributed by atoms with van der Waals surface area (Å²) in [5, 5.41) is 14.7. The molecule has 0 unspecified atom stereocenters. The molecule has 136 valence electrons. The van der Waals surface area contributed by atoms with Crippen LogP contribution in [0.5, 0.6) is 0 Å². The average molecular weight is 354 g/mol. The molecule has 1 heterocycles. The molecule has 0 saturated heterocycles. The van der Waals surface area contributed by atoms with Gasteiger partial charge in [-0.2, -0.15) is 23.3 Å². The van der Waals surface area contributed by atoms with Gasteiger partial charge < -0.3 is 5.11 Å². The van der Waals surface area contributed by atoms with E-state index in [2.05, 4.69) is 5.10 Å². The SMILES string of the molecule is C[C@@H]1CCC2=NN(C(=O)CCc3ccccc3)[C@@](O)(C(F)(F)F)[C@H]2C1. The summed E-state index contributed by atoms with van der Waals surface area (Å²) in [6.07, 6.45) is -3.51.